The molecule has 120 valence electrons. The van der Waals surface area contributed by atoms with E-state index in [9.17, 15) is 4.79 Å². The lowest BCUT2D eigenvalue weighted by molar-refractivity contribution is 0.0601. The van der Waals surface area contributed by atoms with Gasteiger partial charge >= 0.3 is 5.97 Å². The van der Waals surface area contributed by atoms with Crippen molar-refractivity contribution in [3.05, 3.63) is 52.0 Å². The lowest BCUT2D eigenvalue weighted by Gasteiger charge is -2.15. The summed E-state index contributed by atoms with van der Waals surface area (Å²) in [7, 11) is 1.30. The van der Waals surface area contributed by atoms with E-state index < -0.39 is 5.97 Å². The van der Waals surface area contributed by atoms with E-state index in [1.165, 1.54) is 7.11 Å². The number of halogens is 2. The van der Waals surface area contributed by atoms with Crippen molar-refractivity contribution in [2.45, 2.75) is 0 Å². The molecule has 0 spiro atoms. The molecule has 2 aromatic carbocycles. The Morgan fingerprint density at radius 1 is 1.17 bits per heavy atom. The average molecular weight is 370 g/mol. The van der Waals surface area contributed by atoms with Crippen LogP contribution in [0.5, 0.6) is 0 Å². The number of esters is 1. The summed E-state index contributed by atoms with van der Waals surface area (Å²) in [6, 6.07) is 9.79. The summed E-state index contributed by atoms with van der Waals surface area (Å²) in [6.45, 7) is 0. The van der Waals surface area contributed by atoms with Gasteiger partial charge in [0, 0.05) is 0 Å². The molecule has 0 aliphatic carbocycles. The highest BCUT2D eigenvalue weighted by Gasteiger charge is 2.11. The van der Waals surface area contributed by atoms with E-state index in [0.29, 0.717) is 32.7 Å². The molecule has 2 aromatic rings. The summed E-state index contributed by atoms with van der Waals surface area (Å²) in [4.78, 5) is 11.6. The van der Waals surface area contributed by atoms with Crippen LogP contribution < -0.4 is 16.4 Å². The summed E-state index contributed by atoms with van der Waals surface area (Å²) in [6.07, 6.45) is 0. The molecule has 0 aliphatic heterocycles. The fraction of sp³-hybridized carbons (Fsp3) is 0.0667. The van der Waals surface area contributed by atoms with Crippen molar-refractivity contribution in [1.82, 2.24) is 0 Å². The number of methoxy groups -OCH3 is 1. The SMILES string of the molecule is COC(=O)c1ccc(N)c(NC(=S)Nc2c(Cl)cccc2Cl)c1. The maximum absolute atomic E-state index is 11.6. The highest BCUT2D eigenvalue weighted by atomic mass is 35.5. The van der Waals surface area contributed by atoms with Crippen LogP contribution >= 0.6 is 35.4 Å². The Kier molecular flexibility index (Phi) is 5.65. The van der Waals surface area contributed by atoms with Crippen LogP contribution in [0.25, 0.3) is 0 Å². The molecule has 23 heavy (non-hydrogen) atoms. The molecule has 0 bridgehead atoms. The highest BCUT2D eigenvalue weighted by molar-refractivity contribution is 7.80. The van der Waals surface area contributed by atoms with E-state index >= 15 is 0 Å². The molecule has 4 N–H and O–H groups in total. The number of benzene rings is 2. The summed E-state index contributed by atoms with van der Waals surface area (Å²) in [5.74, 6) is -0.471. The number of hydrogen-bond acceptors (Lipinski definition) is 4. The fourth-order valence-electron chi connectivity index (χ4n) is 1.79. The topological polar surface area (TPSA) is 76.4 Å². The number of anilines is 3. The third kappa shape index (κ3) is 4.25. The van der Waals surface area contributed by atoms with Crippen LogP contribution in [0.15, 0.2) is 36.4 Å². The van der Waals surface area contributed by atoms with E-state index in [0.717, 1.165) is 0 Å². The number of carbonyl (C=O) groups excluding carboxylic acids is 1. The van der Waals surface area contributed by atoms with E-state index in [-0.39, 0.29) is 5.11 Å². The normalized spacial score (nSPS) is 10.0. The number of nitrogens with one attached hydrogen (secondary N) is 2. The molecule has 0 heterocycles. The van der Waals surface area contributed by atoms with Gasteiger partial charge in [-0.3, -0.25) is 0 Å². The highest BCUT2D eigenvalue weighted by Crippen LogP contribution is 2.30. The van der Waals surface area contributed by atoms with Crippen LogP contribution in [-0.2, 0) is 4.74 Å². The minimum Gasteiger partial charge on any atom is -0.465 e. The van der Waals surface area contributed by atoms with Gasteiger partial charge in [-0.05, 0) is 42.5 Å². The molecule has 0 fully saturated rings. The summed E-state index contributed by atoms with van der Waals surface area (Å²) in [5.41, 5.74) is 7.60. The van der Waals surface area contributed by atoms with Crippen LogP contribution in [-0.4, -0.2) is 18.2 Å². The molecule has 5 nitrogen and oxygen atoms in total. The Morgan fingerprint density at radius 2 is 1.83 bits per heavy atom. The van der Waals surface area contributed by atoms with Gasteiger partial charge < -0.3 is 21.1 Å². The first-order valence-electron chi connectivity index (χ1n) is 6.42. The van der Waals surface area contributed by atoms with Crippen molar-refractivity contribution in [3.8, 4) is 0 Å². The molecule has 0 saturated carbocycles. The molecular formula is C15H13Cl2N3O2S. The van der Waals surface area contributed by atoms with E-state index in [1.54, 1.807) is 36.4 Å². The zero-order valence-electron chi connectivity index (χ0n) is 12.0. The zero-order chi connectivity index (χ0) is 17.0. The Hall–Kier alpha value is -2.02. The molecule has 0 aromatic heterocycles. The molecule has 0 unspecified atom stereocenters. The lowest BCUT2D eigenvalue weighted by atomic mass is 10.2. The lowest BCUT2D eigenvalue weighted by Crippen LogP contribution is -2.20. The minimum atomic E-state index is -0.471. The third-order valence-electron chi connectivity index (χ3n) is 2.92. The monoisotopic (exact) mass is 369 g/mol. The second-order valence-corrected chi connectivity index (χ2v) is 5.69. The minimum absolute atomic E-state index is 0.230. The van der Waals surface area contributed by atoms with Gasteiger partial charge in [0.1, 0.15) is 0 Å². The second-order valence-electron chi connectivity index (χ2n) is 4.47. The largest absolute Gasteiger partial charge is 0.465 e. The van der Waals surface area contributed by atoms with E-state index in [2.05, 4.69) is 15.4 Å². The predicted octanol–water partition coefficient (Wildman–Crippen LogP) is 4.17. The van der Waals surface area contributed by atoms with Crippen molar-refractivity contribution in [2.75, 3.05) is 23.5 Å². The number of hydrogen-bond donors (Lipinski definition) is 3. The first-order valence-corrected chi connectivity index (χ1v) is 7.58. The van der Waals surface area contributed by atoms with Gasteiger partial charge in [0.05, 0.1) is 39.8 Å². The van der Waals surface area contributed by atoms with Gasteiger partial charge in [0.15, 0.2) is 5.11 Å². The first-order chi connectivity index (χ1) is 10.9. The standard InChI is InChI=1S/C15H13Cl2N3O2S/c1-22-14(21)8-5-6-11(18)12(7-8)19-15(23)20-13-9(16)3-2-4-10(13)17/h2-7H,18H2,1H3,(H2,19,20,23). The molecule has 8 heteroatoms. The van der Waals surface area contributed by atoms with Crippen LogP contribution in [0.2, 0.25) is 10.0 Å². The third-order valence-corrected chi connectivity index (χ3v) is 3.76. The zero-order valence-corrected chi connectivity index (χ0v) is 14.4. The van der Waals surface area contributed by atoms with Crippen molar-refractivity contribution in [1.29, 1.82) is 0 Å². The van der Waals surface area contributed by atoms with Crippen molar-refractivity contribution in [2.24, 2.45) is 0 Å². The van der Waals surface area contributed by atoms with E-state index in [1.807, 2.05) is 0 Å². The van der Waals surface area contributed by atoms with Gasteiger partial charge in [0.2, 0.25) is 0 Å². The van der Waals surface area contributed by atoms with E-state index in [4.69, 9.17) is 41.2 Å². The number of nitrogen functional groups attached to an aromatic ring is 1. The number of thiocarbonyl (C=S) groups is 1. The smallest absolute Gasteiger partial charge is 0.337 e. The summed E-state index contributed by atoms with van der Waals surface area (Å²) in [5, 5.41) is 6.89. The van der Waals surface area contributed by atoms with Gasteiger partial charge in [0.25, 0.3) is 0 Å². The van der Waals surface area contributed by atoms with Crippen LogP contribution in [0, 0.1) is 0 Å². The summed E-state index contributed by atoms with van der Waals surface area (Å²) < 4.78 is 4.67. The molecular weight excluding hydrogens is 357 g/mol. The van der Waals surface area contributed by atoms with Gasteiger partial charge in [-0.2, -0.15) is 0 Å². The fourth-order valence-corrected chi connectivity index (χ4v) is 2.50. The number of rotatable bonds is 3. The predicted molar refractivity (Wildman–Crippen MR) is 98.5 cm³/mol. The molecule has 0 radical (unpaired) electrons. The molecule has 0 amide bonds. The Bertz CT molecular complexity index is 748. The van der Waals surface area contributed by atoms with Crippen LogP contribution in [0.3, 0.4) is 0 Å². The Labute approximate surface area is 148 Å². The van der Waals surface area contributed by atoms with Crippen molar-refractivity contribution in [3.63, 3.8) is 0 Å². The number of nitrogens with two attached hydrogens (primary N) is 1. The Morgan fingerprint density at radius 3 is 2.43 bits per heavy atom. The number of para-hydroxylation sites is 1. The molecule has 0 atom stereocenters. The van der Waals surface area contributed by atoms with Crippen molar-refractivity contribution < 1.29 is 9.53 Å². The van der Waals surface area contributed by atoms with Crippen molar-refractivity contribution >= 4 is 63.6 Å². The summed E-state index contributed by atoms with van der Waals surface area (Å²) >= 11 is 17.4. The van der Waals surface area contributed by atoms with Gasteiger partial charge in [-0.25, -0.2) is 4.79 Å². The molecule has 0 aliphatic rings. The maximum Gasteiger partial charge on any atom is 0.337 e. The molecule has 0 saturated heterocycles. The van der Waals surface area contributed by atoms with Gasteiger partial charge in [-0.1, -0.05) is 29.3 Å². The maximum atomic E-state index is 11.6. The van der Waals surface area contributed by atoms with Crippen LogP contribution in [0.1, 0.15) is 10.4 Å². The number of carbonyl (C=O) groups is 1. The average Bonchev–Trinajstić information content (AvgIpc) is 2.52. The molecule has 2 rings (SSSR count). The Balaban J connectivity index is 2.19. The van der Waals surface area contributed by atoms with Gasteiger partial charge in [-0.15, -0.1) is 0 Å². The second kappa shape index (κ2) is 7.50. The van der Waals surface area contributed by atoms with Crippen LogP contribution in [0.4, 0.5) is 17.1 Å². The number of ether oxygens (including phenoxy) is 1. The first kappa shape index (κ1) is 17.3. The quantitative estimate of drug-likeness (QED) is 0.428.